The van der Waals surface area contributed by atoms with Crippen molar-refractivity contribution in [3.05, 3.63) is 22.4 Å². The van der Waals surface area contributed by atoms with E-state index in [-0.39, 0.29) is 0 Å². The highest BCUT2D eigenvalue weighted by Gasteiger charge is 2.34. The average Bonchev–Trinajstić information content (AvgIpc) is 2.58. The van der Waals surface area contributed by atoms with E-state index in [1.54, 1.807) is 0 Å². The molecule has 0 aromatic carbocycles. The summed E-state index contributed by atoms with van der Waals surface area (Å²) in [7, 11) is 0. The highest BCUT2D eigenvalue weighted by molar-refractivity contribution is 7.10. The molecule has 2 rings (SSSR count). The first kappa shape index (κ1) is 8.20. The van der Waals surface area contributed by atoms with Gasteiger partial charge in [0.15, 0.2) is 5.67 Å². The van der Waals surface area contributed by atoms with Crippen LogP contribution in [0.5, 0.6) is 0 Å². The number of halogens is 1. The number of piperidine rings is 1. The molecule has 0 radical (unpaired) electrons. The summed E-state index contributed by atoms with van der Waals surface area (Å²) in [5, 5.41) is 5.03. The lowest BCUT2D eigenvalue weighted by Gasteiger charge is -2.28. The first-order valence-corrected chi connectivity index (χ1v) is 5.13. The monoisotopic (exact) mass is 185 g/mol. The van der Waals surface area contributed by atoms with Gasteiger partial charge in [0.1, 0.15) is 0 Å². The summed E-state index contributed by atoms with van der Waals surface area (Å²) < 4.78 is 14.1. The van der Waals surface area contributed by atoms with Crippen LogP contribution in [0.1, 0.15) is 17.7 Å². The Morgan fingerprint density at radius 1 is 1.58 bits per heavy atom. The minimum Gasteiger partial charge on any atom is -0.313 e. The SMILES string of the molecule is FC1(c2cccs2)CCCNC1. The molecule has 1 aliphatic rings. The predicted molar refractivity (Wildman–Crippen MR) is 49.2 cm³/mol. The molecule has 3 heteroatoms. The maximum atomic E-state index is 14.1. The van der Waals surface area contributed by atoms with E-state index < -0.39 is 5.67 Å². The van der Waals surface area contributed by atoms with Gasteiger partial charge in [-0.1, -0.05) is 6.07 Å². The van der Waals surface area contributed by atoms with E-state index >= 15 is 0 Å². The van der Waals surface area contributed by atoms with Crippen LogP contribution < -0.4 is 5.32 Å². The van der Waals surface area contributed by atoms with Crippen LogP contribution in [0, 0.1) is 0 Å². The molecule has 2 heterocycles. The van der Waals surface area contributed by atoms with Gasteiger partial charge in [-0.15, -0.1) is 11.3 Å². The van der Waals surface area contributed by atoms with Crippen LogP contribution in [0.3, 0.4) is 0 Å². The van der Waals surface area contributed by atoms with Gasteiger partial charge in [-0.05, 0) is 30.8 Å². The second-order valence-electron chi connectivity index (χ2n) is 3.22. The summed E-state index contributed by atoms with van der Waals surface area (Å²) in [6.45, 7) is 1.44. The van der Waals surface area contributed by atoms with Gasteiger partial charge in [0.25, 0.3) is 0 Å². The molecule has 0 bridgehead atoms. The molecule has 1 nitrogen and oxygen atoms in total. The molecule has 1 aromatic rings. The maximum Gasteiger partial charge on any atom is 0.157 e. The van der Waals surface area contributed by atoms with Crippen molar-refractivity contribution < 1.29 is 4.39 Å². The quantitative estimate of drug-likeness (QED) is 0.708. The van der Waals surface area contributed by atoms with Gasteiger partial charge in [-0.25, -0.2) is 4.39 Å². The fraction of sp³-hybridized carbons (Fsp3) is 0.556. The van der Waals surface area contributed by atoms with Crippen molar-refractivity contribution in [3.63, 3.8) is 0 Å². The molecular weight excluding hydrogens is 173 g/mol. The number of alkyl halides is 1. The van der Waals surface area contributed by atoms with Crippen LogP contribution in [-0.2, 0) is 5.67 Å². The molecule has 0 aliphatic carbocycles. The first-order chi connectivity index (χ1) is 5.81. The normalized spacial score (nSPS) is 30.4. The van der Waals surface area contributed by atoms with E-state index in [0.717, 1.165) is 17.8 Å². The molecule has 0 amide bonds. The molecule has 1 aromatic heterocycles. The number of thiophene rings is 1. The van der Waals surface area contributed by atoms with E-state index in [1.807, 2.05) is 17.5 Å². The molecule has 1 unspecified atom stereocenters. The third kappa shape index (κ3) is 1.39. The zero-order valence-corrected chi connectivity index (χ0v) is 7.66. The summed E-state index contributed by atoms with van der Waals surface area (Å²) in [5.41, 5.74) is -1.09. The predicted octanol–water partition coefficient (Wildman–Crippen LogP) is 2.30. The fourth-order valence-electron chi connectivity index (χ4n) is 1.61. The molecule has 66 valence electrons. The van der Waals surface area contributed by atoms with Gasteiger partial charge in [0, 0.05) is 11.4 Å². The Hall–Kier alpha value is -0.410. The number of hydrogen-bond acceptors (Lipinski definition) is 2. The molecule has 1 saturated heterocycles. The topological polar surface area (TPSA) is 12.0 Å². The fourth-order valence-corrected chi connectivity index (χ4v) is 2.46. The lowest BCUT2D eigenvalue weighted by molar-refractivity contribution is 0.126. The Kier molecular flexibility index (Phi) is 2.15. The van der Waals surface area contributed by atoms with Gasteiger partial charge < -0.3 is 5.32 Å². The molecule has 1 N–H and O–H groups in total. The summed E-state index contributed by atoms with van der Waals surface area (Å²) >= 11 is 1.51. The largest absolute Gasteiger partial charge is 0.313 e. The van der Waals surface area contributed by atoms with Gasteiger partial charge >= 0.3 is 0 Å². The second kappa shape index (κ2) is 3.15. The highest BCUT2D eigenvalue weighted by Crippen LogP contribution is 2.35. The molecule has 1 fully saturated rings. The zero-order valence-electron chi connectivity index (χ0n) is 6.85. The second-order valence-corrected chi connectivity index (χ2v) is 4.17. The minimum absolute atomic E-state index is 0.480. The summed E-state index contributed by atoms with van der Waals surface area (Å²) in [6.07, 6.45) is 1.61. The number of hydrogen-bond donors (Lipinski definition) is 1. The Morgan fingerprint density at radius 3 is 3.08 bits per heavy atom. The van der Waals surface area contributed by atoms with E-state index in [0.29, 0.717) is 13.0 Å². The summed E-state index contributed by atoms with van der Waals surface area (Å²) in [4.78, 5) is 0.870. The Labute approximate surface area is 75.6 Å². The van der Waals surface area contributed by atoms with Crippen LogP contribution in [0.2, 0.25) is 0 Å². The van der Waals surface area contributed by atoms with Gasteiger partial charge in [0.2, 0.25) is 0 Å². The van der Waals surface area contributed by atoms with Crippen LogP contribution in [0.15, 0.2) is 17.5 Å². The van der Waals surface area contributed by atoms with Crippen molar-refractivity contribution in [2.75, 3.05) is 13.1 Å². The van der Waals surface area contributed by atoms with Crippen LogP contribution >= 0.6 is 11.3 Å². The van der Waals surface area contributed by atoms with Crippen molar-refractivity contribution in [1.29, 1.82) is 0 Å². The van der Waals surface area contributed by atoms with Crippen molar-refractivity contribution in [2.24, 2.45) is 0 Å². The van der Waals surface area contributed by atoms with Gasteiger partial charge in [-0.3, -0.25) is 0 Å². The standard InChI is InChI=1S/C9H12FNS/c10-9(4-2-5-11-7-9)8-3-1-6-12-8/h1,3,6,11H,2,4-5,7H2. The molecular formula is C9H12FNS. The van der Waals surface area contributed by atoms with Crippen molar-refractivity contribution in [1.82, 2.24) is 5.32 Å². The van der Waals surface area contributed by atoms with Crippen molar-refractivity contribution in [2.45, 2.75) is 18.5 Å². The van der Waals surface area contributed by atoms with E-state index in [4.69, 9.17) is 0 Å². The first-order valence-electron chi connectivity index (χ1n) is 4.25. The summed E-state index contributed by atoms with van der Waals surface area (Å²) in [6, 6.07) is 3.80. The van der Waals surface area contributed by atoms with E-state index in [9.17, 15) is 4.39 Å². The molecule has 12 heavy (non-hydrogen) atoms. The third-order valence-corrected chi connectivity index (χ3v) is 3.34. The molecule has 0 spiro atoms. The minimum atomic E-state index is -1.09. The lowest BCUT2D eigenvalue weighted by atomic mass is 9.95. The Morgan fingerprint density at radius 2 is 2.50 bits per heavy atom. The third-order valence-electron chi connectivity index (χ3n) is 2.29. The molecule has 0 saturated carbocycles. The Bertz CT molecular complexity index is 239. The van der Waals surface area contributed by atoms with Crippen molar-refractivity contribution >= 4 is 11.3 Å². The van der Waals surface area contributed by atoms with Crippen LogP contribution in [0.25, 0.3) is 0 Å². The van der Waals surface area contributed by atoms with E-state index in [1.165, 1.54) is 11.3 Å². The van der Waals surface area contributed by atoms with E-state index in [2.05, 4.69) is 5.32 Å². The molecule has 1 aliphatic heterocycles. The van der Waals surface area contributed by atoms with Crippen LogP contribution in [-0.4, -0.2) is 13.1 Å². The smallest absolute Gasteiger partial charge is 0.157 e. The highest BCUT2D eigenvalue weighted by atomic mass is 32.1. The van der Waals surface area contributed by atoms with Gasteiger partial charge in [0.05, 0.1) is 0 Å². The zero-order chi connectivity index (χ0) is 8.44. The summed E-state index contributed by atoms with van der Waals surface area (Å²) in [5.74, 6) is 0. The van der Waals surface area contributed by atoms with Gasteiger partial charge in [-0.2, -0.15) is 0 Å². The van der Waals surface area contributed by atoms with Crippen molar-refractivity contribution in [3.8, 4) is 0 Å². The number of nitrogens with one attached hydrogen (secondary N) is 1. The maximum absolute atomic E-state index is 14.1. The van der Waals surface area contributed by atoms with Crippen LogP contribution in [0.4, 0.5) is 4.39 Å². The Balaban J connectivity index is 2.19. The average molecular weight is 185 g/mol. The molecule has 1 atom stereocenters. The number of rotatable bonds is 1. The lowest BCUT2D eigenvalue weighted by Crippen LogP contribution is -2.39.